The van der Waals surface area contributed by atoms with Gasteiger partial charge in [0.25, 0.3) is 0 Å². The molecule has 0 fully saturated rings. The van der Waals surface area contributed by atoms with Crippen molar-refractivity contribution in [2.75, 3.05) is 13.6 Å². The lowest BCUT2D eigenvalue weighted by Gasteiger charge is -2.22. The number of aliphatic hydroxyl groups is 1. The average Bonchev–Trinajstić information content (AvgIpc) is 3.06. The lowest BCUT2D eigenvalue weighted by Crippen LogP contribution is -2.44. The monoisotopic (exact) mass is 383 g/mol. The van der Waals surface area contributed by atoms with Crippen LogP contribution in [0.1, 0.15) is 18.2 Å². The number of guanidine groups is 1. The van der Waals surface area contributed by atoms with Crippen molar-refractivity contribution in [1.82, 2.24) is 10.6 Å². The third kappa shape index (κ3) is 4.80. The van der Waals surface area contributed by atoms with Crippen molar-refractivity contribution in [1.29, 1.82) is 0 Å². The van der Waals surface area contributed by atoms with Crippen LogP contribution in [0.4, 0.5) is 4.39 Å². The molecule has 1 unspecified atom stereocenters. The number of benzene rings is 1. The van der Waals surface area contributed by atoms with Gasteiger partial charge in [-0.1, -0.05) is 15.9 Å². The summed E-state index contributed by atoms with van der Waals surface area (Å²) in [7, 11) is 1.62. The second-order valence-electron chi connectivity index (χ2n) is 5.27. The predicted molar refractivity (Wildman–Crippen MR) is 90.6 cm³/mol. The smallest absolute Gasteiger partial charge is 0.191 e. The van der Waals surface area contributed by atoms with E-state index in [4.69, 9.17) is 4.42 Å². The van der Waals surface area contributed by atoms with Gasteiger partial charge < -0.3 is 20.2 Å². The third-order valence-electron chi connectivity index (χ3n) is 3.33. The normalized spacial score (nSPS) is 14.4. The maximum absolute atomic E-state index is 13.3. The van der Waals surface area contributed by atoms with E-state index in [0.717, 1.165) is 10.0 Å². The Morgan fingerprint density at radius 3 is 2.83 bits per heavy atom. The molecule has 0 aliphatic heterocycles. The van der Waals surface area contributed by atoms with Gasteiger partial charge in [0, 0.05) is 18.1 Å². The molecular formula is C16H19BrFN3O2. The quantitative estimate of drug-likeness (QED) is 0.548. The molecule has 7 heteroatoms. The second kappa shape index (κ2) is 7.61. The summed E-state index contributed by atoms with van der Waals surface area (Å²) in [5.74, 6) is 0.662. The molecule has 0 radical (unpaired) electrons. The van der Waals surface area contributed by atoms with E-state index in [1.807, 2.05) is 0 Å². The molecule has 23 heavy (non-hydrogen) atoms. The number of rotatable bonds is 5. The minimum absolute atomic E-state index is 0.213. The van der Waals surface area contributed by atoms with E-state index < -0.39 is 5.60 Å². The van der Waals surface area contributed by atoms with Gasteiger partial charge in [0.15, 0.2) is 5.96 Å². The largest absolute Gasteiger partial charge is 0.466 e. The topological polar surface area (TPSA) is 69.8 Å². The molecule has 3 N–H and O–H groups in total. The lowest BCUT2D eigenvalue weighted by molar-refractivity contribution is 0.0386. The number of nitrogens with zero attached hydrogens (tertiary/aromatic N) is 1. The van der Waals surface area contributed by atoms with Crippen molar-refractivity contribution in [3.63, 3.8) is 0 Å². The van der Waals surface area contributed by atoms with Crippen molar-refractivity contribution < 1.29 is 13.9 Å². The first-order valence-corrected chi connectivity index (χ1v) is 7.86. The highest BCUT2D eigenvalue weighted by molar-refractivity contribution is 9.10. The Balaban J connectivity index is 1.92. The Kier molecular flexibility index (Phi) is 5.79. The Hall–Kier alpha value is -1.86. The molecule has 0 saturated heterocycles. The highest BCUT2D eigenvalue weighted by Crippen LogP contribution is 2.20. The molecule has 2 aromatic rings. The van der Waals surface area contributed by atoms with E-state index >= 15 is 0 Å². The molecule has 1 aromatic heterocycles. The van der Waals surface area contributed by atoms with E-state index in [2.05, 4.69) is 31.6 Å². The molecule has 0 saturated carbocycles. The van der Waals surface area contributed by atoms with Crippen LogP contribution in [0.3, 0.4) is 0 Å². The van der Waals surface area contributed by atoms with E-state index in [0.29, 0.717) is 18.3 Å². The highest BCUT2D eigenvalue weighted by atomic mass is 79.9. The van der Waals surface area contributed by atoms with Gasteiger partial charge in [-0.3, -0.25) is 4.99 Å². The van der Waals surface area contributed by atoms with Crippen LogP contribution in [0.15, 0.2) is 50.5 Å². The van der Waals surface area contributed by atoms with Crippen molar-refractivity contribution in [3.8, 4) is 0 Å². The second-order valence-corrected chi connectivity index (χ2v) is 6.12. The Morgan fingerprint density at radius 2 is 2.17 bits per heavy atom. The summed E-state index contributed by atoms with van der Waals surface area (Å²) in [6, 6.07) is 7.93. The minimum atomic E-state index is -1.17. The molecule has 2 rings (SSSR count). The number of hydrogen-bond donors (Lipinski definition) is 3. The van der Waals surface area contributed by atoms with Crippen LogP contribution in [-0.4, -0.2) is 24.7 Å². The SMILES string of the molecule is CN=C(NCc1cc(F)ccc1Br)NCC(C)(O)c1ccco1. The van der Waals surface area contributed by atoms with Gasteiger partial charge in [0.2, 0.25) is 0 Å². The van der Waals surface area contributed by atoms with Crippen molar-refractivity contribution >= 4 is 21.9 Å². The zero-order valence-corrected chi connectivity index (χ0v) is 14.5. The van der Waals surface area contributed by atoms with Crippen LogP contribution in [-0.2, 0) is 12.1 Å². The van der Waals surface area contributed by atoms with Crippen LogP contribution in [0.2, 0.25) is 0 Å². The molecule has 0 aliphatic rings. The van der Waals surface area contributed by atoms with Crippen LogP contribution in [0.25, 0.3) is 0 Å². The summed E-state index contributed by atoms with van der Waals surface area (Å²) < 4.78 is 19.3. The van der Waals surface area contributed by atoms with Gasteiger partial charge in [-0.05, 0) is 42.8 Å². The first-order chi connectivity index (χ1) is 10.9. The molecule has 124 valence electrons. The fourth-order valence-electron chi connectivity index (χ4n) is 2.01. The van der Waals surface area contributed by atoms with Gasteiger partial charge in [-0.15, -0.1) is 0 Å². The van der Waals surface area contributed by atoms with Crippen LogP contribution in [0, 0.1) is 5.82 Å². The first kappa shape index (κ1) is 17.5. The summed E-state index contributed by atoms with van der Waals surface area (Å²) in [5.41, 5.74) is -0.397. The maximum atomic E-state index is 13.3. The van der Waals surface area contributed by atoms with Gasteiger partial charge in [0.05, 0.1) is 12.8 Å². The fourth-order valence-corrected chi connectivity index (χ4v) is 2.39. The fraction of sp³-hybridized carbons (Fsp3) is 0.312. The number of hydrogen-bond acceptors (Lipinski definition) is 3. The third-order valence-corrected chi connectivity index (χ3v) is 4.10. The predicted octanol–water partition coefficient (Wildman–Crippen LogP) is 2.75. The lowest BCUT2D eigenvalue weighted by atomic mass is 10.0. The Morgan fingerprint density at radius 1 is 1.39 bits per heavy atom. The van der Waals surface area contributed by atoms with E-state index in [-0.39, 0.29) is 12.4 Å². The Labute approximate surface area is 142 Å². The summed E-state index contributed by atoms with van der Waals surface area (Å²) in [6.45, 7) is 2.25. The van der Waals surface area contributed by atoms with Crippen LogP contribution < -0.4 is 10.6 Å². The zero-order valence-electron chi connectivity index (χ0n) is 12.9. The van der Waals surface area contributed by atoms with Crippen LogP contribution in [0.5, 0.6) is 0 Å². The number of nitrogens with one attached hydrogen (secondary N) is 2. The van der Waals surface area contributed by atoms with Gasteiger partial charge in [-0.25, -0.2) is 4.39 Å². The molecular weight excluding hydrogens is 365 g/mol. The first-order valence-electron chi connectivity index (χ1n) is 7.07. The minimum Gasteiger partial charge on any atom is -0.466 e. The molecule has 1 atom stereocenters. The van der Waals surface area contributed by atoms with Crippen LogP contribution >= 0.6 is 15.9 Å². The zero-order chi connectivity index (χ0) is 16.9. The number of aliphatic imine (C=N–C) groups is 1. The molecule has 1 heterocycles. The highest BCUT2D eigenvalue weighted by Gasteiger charge is 2.26. The van der Waals surface area contributed by atoms with Gasteiger partial charge >= 0.3 is 0 Å². The van der Waals surface area contributed by atoms with Crippen molar-refractivity contribution in [2.24, 2.45) is 4.99 Å². The molecule has 0 bridgehead atoms. The summed E-state index contributed by atoms with van der Waals surface area (Å²) in [6.07, 6.45) is 1.51. The summed E-state index contributed by atoms with van der Waals surface area (Å²) in [5, 5.41) is 16.5. The number of furan rings is 1. The molecule has 5 nitrogen and oxygen atoms in total. The molecule has 1 aromatic carbocycles. The van der Waals surface area contributed by atoms with Gasteiger partial charge in [0.1, 0.15) is 17.2 Å². The van der Waals surface area contributed by atoms with E-state index in [1.54, 1.807) is 32.2 Å². The Bertz CT molecular complexity index is 672. The maximum Gasteiger partial charge on any atom is 0.191 e. The van der Waals surface area contributed by atoms with E-state index in [1.165, 1.54) is 18.4 Å². The summed E-state index contributed by atoms with van der Waals surface area (Å²) >= 11 is 3.38. The standard InChI is InChI=1S/C16H19BrFN3O2/c1-16(22,14-4-3-7-23-14)10-21-15(19-2)20-9-11-8-12(18)5-6-13(11)17/h3-8,22H,9-10H2,1-2H3,(H2,19,20,21). The van der Waals surface area contributed by atoms with Crippen molar-refractivity contribution in [2.45, 2.75) is 19.1 Å². The van der Waals surface area contributed by atoms with Gasteiger partial charge in [-0.2, -0.15) is 0 Å². The van der Waals surface area contributed by atoms with Crippen molar-refractivity contribution in [3.05, 3.63) is 58.2 Å². The summed E-state index contributed by atoms with van der Waals surface area (Å²) in [4.78, 5) is 4.08. The van der Waals surface area contributed by atoms with E-state index in [9.17, 15) is 9.50 Å². The molecule has 0 spiro atoms. The molecule has 0 amide bonds. The molecule has 0 aliphatic carbocycles. The number of halogens is 2. The average molecular weight is 384 g/mol.